The van der Waals surface area contributed by atoms with E-state index in [9.17, 15) is 0 Å². The summed E-state index contributed by atoms with van der Waals surface area (Å²) in [6, 6.07) is 5.95. The van der Waals surface area contributed by atoms with Crippen molar-refractivity contribution in [2.75, 3.05) is 20.7 Å². The molecule has 0 aromatic carbocycles. The lowest BCUT2D eigenvalue weighted by atomic mass is 10.2. The molecule has 0 aliphatic carbocycles. The third-order valence-corrected chi connectivity index (χ3v) is 3.63. The number of aliphatic imine (C=N–C) groups is 1. The molecule has 2 N–H and O–H groups in total. The van der Waals surface area contributed by atoms with E-state index in [2.05, 4.69) is 38.7 Å². The van der Waals surface area contributed by atoms with Crippen molar-refractivity contribution in [1.82, 2.24) is 25.4 Å². The van der Waals surface area contributed by atoms with Gasteiger partial charge in [-0.3, -0.25) is 9.67 Å². The van der Waals surface area contributed by atoms with E-state index in [1.807, 2.05) is 23.7 Å². The molecule has 0 saturated heterocycles. The van der Waals surface area contributed by atoms with E-state index in [0.29, 0.717) is 12.4 Å². The van der Waals surface area contributed by atoms with Crippen molar-refractivity contribution in [3.63, 3.8) is 0 Å². The van der Waals surface area contributed by atoms with Gasteiger partial charge < -0.3 is 15.4 Å². The molecule has 2 aromatic heterocycles. The van der Waals surface area contributed by atoms with Gasteiger partial charge in [0.05, 0.1) is 12.8 Å². The lowest BCUT2D eigenvalue weighted by molar-refractivity contribution is 0.397. The third-order valence-electron chi connectivity index (χ3n) is 3.63. The van der Waals surface area contributed by atoms with Gasteiger partial charge in [-0.15, -0.1) is 0 Å². The molecule has 7 heteroatoms. The van der Waals surface area contributed by atoms with Crippen LogP contribution in [0.2, 0.25) is 0 Å². The van der Waals surface area contributed by atoms with Gasteiger partial charge in [0.25, 0.3) is 0 Å². The summed E-state index contributed by atoms with van der Waals surface area (Å²) in [5.41, 5.74) is 3.35. The maximum Gasteiger partial charge on any atom is 0.213 e. The molecule has 2 rings (SSSR count). The second kappa shape index (κ2) is 8.90. The fraction of sp³-hybridized carbons (Fsp3) is 0.471. The van der Waals surface area contributed by atoms with Crippen molar-refractivity contribution < 1.29 is 4.74 Å². The molecular weight excluding hydrogens is 304 g/mol. The van der Waals surface area contributed by atoms with E-state index < -0.39 is 0 Å². The first kappa shape index (κ1) is 17.8. The van der Waals surface area contributed by atoms with E-state index >= 15 is 0 Å². The highest BCUT2D eigenvalue weighted by molar-refractivity contribution is 5.79. The van der Waals surface area contributed by atoms with E-state index in [4.69, 9.17) is 4.74 Å². The molecule has 0 spiro atoms. The third kappa shape index (κ3) is 5.26. The molecule has 130 valence electrons. The van der Waals surface area contributed by atoms with E-state index in [0.717, 1.165) is 36.7 Å². The van der Waals surface area contributed by atoms with E-state index in [1.54, 1.807) is 20.4 Å². The number of nitrogens with zero attached hydrogens (tertiary/aromatic N) is 4. The minimum atomic E-state index is 0.613. The van der Waals surface area contributed by atoms with Crippen LogP contribution in [0.4, 0.5) is 0 Å². The number of guanidine groups is 1. The fourth-order valence-corrected chi connectivity index (χ4v) is 2.42. The lowest BCUT2D eigenvalue weighted by Gasteiger charge is -2.12. The highest BCUT2D eigenvalue weighted by Gasteiger charge is 2.02. The lowest BCUT2D eigenvalue weighted by Crippen LogP contribution is -2.37. The molecule has 0 unspecified atom stereocenters. The molecule has 0 amide bonds. The Bertz CT molecular complexity index is 679. The maximum absolute atomic E-state index is 5.13. The molecule has 0 saturated carbocycles. The molecule has 0 aliphatic rings. The van der Waals surface area contributed by atoms with E-state index in [-0.39, 0.29) is 0 Å². The molecule has 7 nitrogen and oxygen atoms in total. The summed E-state index contributed by atoms with van der Waals surface area (Å²) < 4.78 is 7.17. The van der Waals surface area contributed by atoms with Crippen LogP contribution in [0.25, 0.3) is 0 Å². The molecule has 2 aromatic rings. The van der Waals surface area contributed by atoms with Gasteiger partial charge in [-0.25, -0.2) is 4.98 Å². The van der Waals surface area contributed by atoms with Crippen molar-refractivity contribution in [3.8, 4) is 5.88 Å². The summed E-state index contributed by atoms with van der Waals surface area (Å²) in [5, 5.41) is 11.1. The maximum atomic E-state index is 5.13. The zero-order valence-corrected chi connectivity index (χ0v) is 14.8. The highest BCUT2D eigenvalue weighted by atomic mass is 16.5. The van der Waals surface area contributed by atoms with Crippen molar-refractivity contribution >= 4 is 5.96 Å². The predicted octanol–water partition coefficient (Wildman–Crippen LogP) is 1.66. The van der Waals surface area contributed by atoms with Gasteiger partial charge in [-0.2, -0.15) is 5.10 Å². The van der Waals surface area contributed by atoms with Crippen molar-refractivity contribution in [2.24, 2.45) is 4.99 Å². The van der Waals surface area contributed by atoms with Gasteiger partial charge in [0.1, 0.15) is 0 Å². The number of ether oxygens (including phenoxy) is 1. The van der Waals surface area contributed by atoms with Crippen LogP contribution in [0.3, 0.4) is 0 Å². The minimum Gasteiger partial charge on any atom is -0.481 e. The first-order chi connectivity index (χ1) is 11.6. The molecule has 2 heterocycles. The molecule has 0 fully saturated rings. The van der Waals surface area contributed by atoms with Crippen LogP contribution in [0, 0.1) is 13.8 Å². The average molecular weight is 330 g/mol. The van der Waals surface area contributed by atoms with E-state index in [1.165, 1.54) is 5.69 Å². The zero-order chi connectivity index (χ0) is 17.4. The van der Waals surface area contributed by atoms with Gasteiger partial charge in [-0.05, 0) is 38.0 Å². The molecule has 0 aliphatic heterocycles. The second-order valence-corrected chi connectivity index (χ2v) is 5.56. The van der Waals surface area contributed by atoms with Crippen LogP contribution in [-0.2, 0) is 13.1 Å². The van der Waals surface area contributed by atoms with Crippen LogP contribution in [0.15, 0.2) is 29.4 Å². The number of aryl methyl sites for hydroxylation is 3. The highest BCUT2D eigenvalue weighted by Crippen LogP contribution is 2.07. The minimum absolute atomic E-state index is 0.613. The number of aromatic nitrogens is 3. The number of rotatable bonds is 7. The summed E-state index contributed by atoms with van der Waals surface area (Å²) in [6.07, 6.45) is 2.71. The summed E-state index contributed by atoms with van der Waals surface area (Å²) in [6.45, 7) is 6.48. The SMILES string of the molecule is CN=C(NCCCn1nc(C)cc1C)NCc1ccnc(OC)c1. The zero-order valence-electron chi connectivity index (χ0n) is 14.8. The first-order valence-corrected chi connectivity index (χ1v) is 8.07. The average Bonchev–Trinajstić information content (AvgIpc) is 2.92. The van der Waals surface area contributed by atoms with Gasteiger partial charge in [0.15, 0.2) is 5.96 Å². The van der Waals surface area contributed by atoms with Gasteiger partial charge >= 0.3 is 0 Å². The largest absolute Gasteiger partial charge is 0.481 e. The van der Waals surface area contributed by atoms with Crippen LogP contribution in [0.1, 0.15) is 23.4 Å². The number of nitrogens with one attached hydrogen (secondary N) is 2. The Balaban J connectivity index is 1.73. The molecule has 0 atom stereocenters. The summed E-state index contributed by atoms with van der Waals surface area (Å²) in [7, 11) is 3.38. The summed E-state index contributed by atoms with van der Waals surface area (Å²) >= 11 is 0. The molecule has 24 heavy (non-hydrogen) atoms. The monoisotopic (exact) mass is 330 g/mol. The number of methoxy groups -OCH3 is 1. The van der Waals surface area contributed by atoms with Crippen molar-refractivity contribution in [2.45, 2.75) is 33.4 Å². The number of hydrogen-bond donors (Lipinski definition) is 2. The van der Waals surface area contributed by atoms with Crippen molar-refractivity contribution in [3.05, 3.63) is 41.3 Å². The van der Waals surface area contributed by atoms with Gasteiger partial charge in [0.2, 0.25) is 5.88 Å². The quantitative estimate of drug-likeness (QED) is 0.459. The Labute approximate surface area is 143 Å². The fourth-order valence-electron chi connectivity index (χ4n) is 2.42. The predicted molar refractivity (Wildman–Crippen MR) is 95.3 cm³/mol. The van der Waals surface area contributed by atoms with Crippen LogP contribution < -0.4 is 15.4 Å². The Morgan fingerprint density at radius 3 is 2.79 bits per heavy atom. The molecular formula is C17H26N6O. The van der Waals surface area contributed by atoms with Gasteiger partial charge in [0, 0.05) is 44.6 Å². The first-order valence-electron chi connectivity index (χ1n) is 8.07. The number of pyridine rings is 1. The van der Waals surface area contributed by atoms with Crippen LogP contribution in [0.5, 0.6) is 5.88 Å². The Kier molecular flexibility index (Phi) is 6.60. The smallest absolute Gasteiger partial charge is 0.213 e. The summed E-state index contributed by atoms with van der Waals surface area (Å²) in [4.78, 5) is 8.34. The molecule has 0 bridgehead atoms. The Hall–Kier alpha value is -2.57. The Morgan fingerprint density at radius 1 is 1.29 bits per heavy atom. The second-order valence-electron chi connectivity index (χ2n) is 5.56. The standard InChI is InChI=1S/C17H26N6O/c1-13-10-14(2)23(22-13)9-5-7-20-17(18-3)21-12-15-6-8-19-16(11-15)24-4/h6,8,10-11H,5,7,9,12H2,1-4H3,(H2,18,20,21). The summed E-state index contributed by atoms with van der Waals surface area (Å²) in [5.74, 6) is 1.39. The number of hydrogen-bond acceptors (Lipinski definition) is 4. The van der Waals surface area contributed by atoms with Crippen molar-refractivity contribution in [1.29, 1.82) is 0 Å². The van der Waals surface area contributed by atoms with Gasteiger partial charge in [-0.1, -0.05) is 0 Å². The Morgan fingerprint density at radius 2 is 2.12 bits per heavy atom. The van der Waals surface area contributed by atoms with Crippen LogP contribution in [-0.4, -0.2) is 41.4 Å². The van der Waals surface area contributed by atoms with Crippen LogP contribution >= 0.6 is 0 Å². The normalized spacial score (nSPS) is 11.4. The topological polar surface area (TPSA) is 76.4 Å². The molecule has 0 radical (unpaired) electrons.